The first-order valence-electron chi connectivity index (χ1n) is 25.4. The molecular formula is C68H57N5+2. The van der Waals surface area contributed by atoms with Crippen LogP contribution in [0.5, 0.6) is 0 Å². The summed E-state index contributed by atoms with van der Waals surface area (Å²) < 4.78 is 6.76. The Kier molecular flexibility index (Phi) is 10.2. The monoisotopic (exact) mass is 943 g/mol. The second-order valence-corrected chi connectivity index (χ2v) is 20.9. The fourth-order valence-electron chi connectivity index (χ4n) is 12.0. The predicted molar refractivity (Wildman–Crippen MR) is 301 cm³/mol. The molecule has 0 unspecified atom stereocenters. The van der Waals surface area contributed by atoms with E-state index in [9.17, 15) is 0 Å². The molecule has 0 radical (unpaired) electrons. The van der Waals surface area contributed by atoms with E-state index in [-0.39, 0.29) is 10.8 Å². The van der Waals surface area contributed by atoms with Crippen molar-refractivity contribution in [3.05, 3.63) is 259 Å². The number of hydrogen-bond acceptors (Lipinski definition) is 2. The van der Waals surface area contributed by atoms with Gasteiger partial charge in [0.25, 0.3) is 5.82 Å². The maximum Gasteiger partial charge on any atom is 0.294 e. The first-order chi connectivity index (χ1) is 35.5. The molecule has 0 aliphatic heterocycles. The third-order valence-electron chi connectivity index (χ3n) is 15.8. The van der Waals surface area contributed by atoms with Crippen molar-refractivity contribution in [2.24, 2.45) is 14.1 Å². The van der Waals surface area contributed by atoms with Gasteiger partial charge in [-0.3, -0.25) is 0 Å². The van der Waals surface area contributed by atoms with Gasteiger partial charge in [-0.1, -0.05) is 119 Å². The number of benzene rings is 9. The van der Waals surface area contributed by atoms with Gasteiger partial charge >= 0.3 is 0 Å². The molecule has 0 bridgehead atoms. The Labute approximate surface area is 428 Å². The van der Waals surface area contributed by atoms with Crippen LogP contribution >= 0.6 is 0 Å². The normalized spacial score (nSPS) is 13.6. The van der Waals surface area contributed by atoms with E-state index >= 15 is 0 Å². The molecule has 0 spiro atoms. The van der Waals surface area contributed by atoms with E-state index in [0.717, 1.165) is 51.2 Å². The van der Waals surface area contributed by atoms with Crippen molar-refractivity contribution < 1.29 is 9.13 Å². The van der Waals surface area contributed by atoms with Crippen molar-refractivity contribution >= 4 is 45.2 Å². The number of para-hydroxylation sites is 5. The molecule has 13 rings (SSSR count). The first kappa shape index (κ1) is 44.2. The molecule has 5 nitrogen and oxygen atoms in total. The molecule has 2 aliphatic carbocycles. The van der Waals surface area contributed by atoms with Crippen molar-refractivity contribution in [1.82, 2.24) is 4.57 Å². The van der Waals surface area contributed by atoms with Gasteiger partial charge in [0.15, 0.2) is 23.4 Å². The number of anilines is 6. The van der Waals surface area contributed by atoms with Crippen LogP contribution in [0.15, 0.2) is 237 Å². The summed E-state index contributed by atoms with van der Waals surface area (Å²) >= 11 is 0. The number of aromatic nitrogens is 3. The van der Waals surface area contributed by atoms with Gasteiger partial charge in [0.2, 0.25) is 0 Å². The van der Waals surface area contributed by atoms with Crippen molar-refractivity contribution in [2.45, 2.75) is 38.5 Å². The smallest absolute Gasteiger partial charge is 0.294 e. The Morgan fingerprint density at radius 3 is 1.26 bits per heavy atom. The van der Waals surface area contributed by atoms with E-state index < -0.39 is 0 Å². The lowest BCUT2D eigenvalue weighted by Crippen LogP contribution is -2.30. The van der Waals surface area contributed by atoms with Gasteiger partial charge in [-0.2, -0.15) is 4.57 Å². The van der Waals surface area contributed by atoms with Crippen LogP contribution < -0.4 is 18.9 Å². The second kappa shape index (κ2) is 16.9. The molecule has 0 amide bonds. The van der Waals surface area contributed by atoms with E-state index in [4.69, 9.17) is 0 Å². The third kappa shape index (κ3) is 7.13. The Bertz CT molecular complexity index is 3890. The number of imidazole rings is 1. The summed E-state index contributed by atoms with van der Waals surface area (Å²) in [5.41, 5.74) is 24.1. The molecule has 73 heavy (non-hydrogen) atoms. The summed E-state index contributed by atoms with van der Waals surface area (Å²) in [6.45, 7) is 9.63. The molecule has 11 aromatic rings. The number of fused-ring (bicyclic) bond motifs is 7. The summed E-state index contributed by atoms with van der Waals surface area (Å²) in [5, 5.41) is 0. The molecule has 0 atom stereocenters. The molecular weight excluding hydrogens is 887 g/mol. The summed E-state index contributed by atoms with van der Waals surface area (Å²) in [6, 6.07) is 82.6. The average Bonchev–Trinajstić information content (AvgIpc) is 3.94. The predicted octanol–water partition coefficient (Wildman–Crippen LogP) is 16.2. The van der Waals surface area contributed by atoms with Crippen LogP contribution in [0, 0.1) is 0 Å². The summed E-state index contributed by atoms with van der Waals surface area (Å²) in [4.78, 5) is 4.80. The maximum atomic E-state index is 2.53. The van der Waals surface area contributed by atoms with Crippen LogP contribution in [-0.2, 0) is 24.9 Å². The lowest BCUT2D eigenvalue weighted by Gasteiger charge is -2.28. The SMILES string of the molecule is C[n+]1ccc(-c2ccc(N(c3ccccc3)c3ccc4c(c3)C(C)(C)c3cc5c(cc3-4)C(C)(C)c3cc(N(c4ccccc4)c4ccc(-c6n(-c7ccccc7)c7ccccc7[n+]6C)cc4)ccc3-5)cc2)cc1. The molecule has 0 saturated carbocycles. The lowest BCUT2D eigenvalue weighted by atomic mass is 9.79. The van der Waals surface area contributed by atoms with E-state index in [0.29, 0.717) is 0 Å². The number of hydrogen-bond donors (Lipinski definition) is 0. The minimum Gasteiger partial charge on any atom is -0.310 e. The topological polar surface area (TPSA) is 19.2 Å². The highest BCUT2D eigenvalue weighted by Gasteiger charge is 2.42. The zero-order chi connectivity index (χ0) is 49.6. The Morgan fingerprint density at radius 2 is 0.753 bits per heavy atom. The van der Waals surface area contributed by atoms with Crippen LogP contribution in [0.3, 0.4) is 0 Å². The zero-order valence-electron chi connectivity index (χ0n) is 42.3. The second-order valence-electron chi connectivity index (χ2n) is 20.9. The average molecular weight is 944 g/mol. The van der Waals surface area contributed by atoms with Gasteiger partial charge in [-0.15, -0.1) is 0 Å². The zero-order valence-corrected chi connectivity index (χ0v) is 42.3. The van der Waals surface area contributed by atoms with E-state index in [1.54, 1.807) is 0 Å². The Balaban J connectivity index is 0.858. The van der Waals surface area contributed by atoms with Gasteiger partial charge in [-0.25, -0.2) is 9.13 Å². The van der Waals surface area contributed by atoms with Gasteiger partial charge in [0.1, 0.15) is 12.7 Å². The van der Waals surface area contributed by atoms with Gasteiger partial charge in [-0.05, 0) is 177 Å². The number of pyridine rings is 1. The quantitative estimate of drug-likeness (QED) is 0.134. The molecule has 2 aromatic heterocycles. The number of aryl methyl sites for hydroxylation is 2. The van der Waals surface area contributed by atoms with E-state index in [1.165, 1.54) is 66.7 Å². The van der Waals surface area contributed by atoms with Gasteiger partial charge in [0, 0.05) is 57.1 Å². The number of nitrogens with zero attached hydrogens (tertiary/aromatic N) is 5. The third-order valence-corrected chi connectivity index (χ3v) is 15.8. The molecule has 0 fully saturated rings. The van der Waals surface area contributed by atoms with Crippen molar-refractivity contribution in [1.29, 1.82) is 0 Å². The molecule has 5 heteroatoms. The fourth-order valence-corrected chi connectivity index (χ4v) is 12.0. The highest BCUT2D eigenvalue weighted by Crippen LogP contribution is 2.57. The van der Waals surface area contributed by atoms with Crippen molar-refractivity contribution in [3.63, 3.8) is 0 Å². The van der Waals surface area contributed by atoms with Crippen molar-refractivity contribution in [3.8, 4) is 50.5 Å². The molecule has 2 aliphatic rings. The van der Waals surface area contributed by atoms with Gasteiger partial charge < -0.3 is 9.80 Å². The fraction of sp³-hybridized carbons (Fsp3) is 0.118. The van der Waals surface area contributed by atoms with Crippen LogP contribution in [0.4, 0.5) is 34.1 Å². The molecule has 352 valence electrons. The summed E-state index contributed by atoms with van der Waals surface area (Å²) in [6.07, 6.45) is 4.20. The van der Waals surface area contributed by atoms with Gasteiger partial charge in [0.05, 0.1) is 12.6 Å². The van der Waals surface area contributed by atoms with Crippen molar-refractivity contribution in [2.75, 3.05) is 9.80 Å². The highest BCUT2D eigenvalue weighted by molar-refractivity contribution is 5.93. The van der Waals surface area contributed by atoms with Crippen LogP contribution in [0.2, 0.25) is 0 Å². The highest BCUT2D eigenvalue weighted by atomic mass is 15.2. The molecule has 2 heterocycles. The minimum atomic E-state index is -0.234. The standard InChI is InChI=1S/C68H57N5/c1-67(2)60-42-54(71(49-18-10-7-11-19-49)52-30-26-46(27-31-52)47-38-40-69(5)41-39-47)34-36-56(60)58-44-63-59(45-62(58)67)57-37-35-55(43-61(57)68(63,3)4)72(50-20-12-8-13-21-50)53-32-28-48(29-33-53)66-70(6)64-24-16-17-25-65(64)73(66)51-22-14-9-15-23-51/h7-45H,1-6H3/q+2. The van der Waals surface area contributed by atoms with Crippen LogP contribution in [-0.4, -0.2) is 4.57 Å². The maximum absolute atomic E-state index is 2.53. The van der Waals surface area contributed by atoms with E-state index in [1.807, 2.05) is 0 Å². The Hall–Kier alpha value is -8.80. The number of rotatable bonds is 9. The van der Waals surface area contributed by atoms with Crippen LogP contribution in [0.25, 0.3) is 61.5 Å². The van der Waals surface area contributed by atoms with E-state index in [2.05, 4.69) is 302 Å². The molecule has 9 aromatic carbocycles. The minimum absolute atomic E-state index is 0.221. The first-order valence-corrected chi connectivity index (χ1v) is 25.4. The summed E-state index contributed by atoms with van der Waals surface area (Å²) in [7, 11) is 4.22. The molecule has 0 saturated heterocycles. The largest absolute Gasteiger partial charge is 0.310 e. The van der Waals surface area contributed by atoms with Crippen LogP contribution in [0.1, 0.15) is 49.9 Å². The lowest BCUT2D eigenvalue weighted by molar-refractivity contribution is -0.671. The Morgan fingerprint density at radius 1 is 0.356 bits per heavy atom. The molecule has 0 N–H and O–H groups in total. The summed E-state index contributed by atoms with van der Waals surface area (Å²) in [5.74, 6) is 1.13.